The fourth-order valence-electron chi connectivity index (χ4n) is 3.02. The van der Waals surface area contributed by atoms with Crippen LogP contribution < -0.4 is 10.2 Å². The summed E-state index contributed by atoms with van der Waals surface area (Å²) in [6, 6.07) is 9.60. The lowest BCUT2D eigenvalue weighted by molar-refractivity contribution is 0.423. The Hall–Kier alpha value is -1.02. The van der Waals surface area contributed by atoms with Crippen LogP contribution in [0.3, 0.4) is 0 Å². The summed E-state index contributed by atoms with van der Waals surface area (Å²) < 4.78 is 0. The molecule has 0 spiro atoms. The van der Waals surface area contributed by atoms with Crippen LogP contribution >= 0.6 is 0 Å². The van der Waals surface area contributed by atoms with Crippen LogP contribution in [-0.4, -0.2) is 19.6 Å². The molecule has 20 heavy (non-hydrogen) atoms. The number of nitrogens with zero attached hydrogens (tertiary/aromatic N) is 1. The van der Waals surface area contributed by atoms with Gasteiger partial charge in [-0.1, -0.05) is 32.9 Å². The van der Waals surface area contributed by atoms with Crippen LogP contribution in [0.5, 0.6) is 0 Å². The molecule has 0 aromatic heterocycles. The zero-order valence-electron chi connectivity index (χ0n) is 13.5. The molecule has 1 aromatic rings. The molecule has 1 aliphatic rings. The smallest absolute Gasteiger partial charge is 0.0366 e. The normalized spacial score (nSPS) is 20.6. The number of benzene rings is 1. The zero-order chi connectivity index (χ0) is 14.5. The molecule has 0 saturated carbocycles. The third-order valence-electron chi connectivity index (χ3n) is 4.63. The van der Waals surface area contributed by atoms with Gasteiger partial charge in [0.2, 0.25) is 0 Å². The summed E-state index contributed by atoms with van der Waals surface area (Å²) in [7, 11) is 0. The number of rotatable bonds is 6. The van der Waals surface area contributed by atoms with Crippen LogP contribution in [0, 0.1) is 11.8 Å². The number of nitrogens with one attached hydrogen (secondary N) is 1. The van der Waals surface area contributed by atoms with Gasteiger partial charge in [-0.15, -0.1) is 0 Å². The van der Waals surface area contributed by atoms with E-state index in [0.717, 1.165) is 18.4 Å². The van der Waals surface area contributed by atoms with Crippen molar-refractivity contribution in [2.24, 2.45) is 11.8 Å². The second kappa shape index (κ2) is 7.12. The topological polar surface area (TPSA) is 15.3 Å². The third kappa shape index (κ3) is 3.76. The molecule has 1 aliphatic heterocycles. The fourth-order valence-corrected chi connectivity index (χ4v) is 3.02. The highest BCUT2D eigenvalue weighted by molar-refractivity contribution is 5.49. The van der Waals surface area contributed by atoms with Crippen LogP contribution in [0.25, 0.3) is 0 Å². The van der Waals surface area contributed by atoms with Gasteiger partial charge < -0.3 is 10.2 Å². The summed E-state index contributed by atoms with van der Waals surface area (Å²) in [6.07, 6.45) is 2.53. The Bertz CT molecular complexity index is 396. The maximum absolute atomic E-state index is 3.55. The van der Waals surface area contributed by atoms with E-state index in [-0.39, 0.29) is 0 Å². The highest BCUT2D eigenvalue weighted by Gasteiger charge is 2.24. The average Bonchev–Trinajstić information content (AvgIpc) is 2.95. The van der Waals surface area contributed by atoms with Crippen molar-refractivity contribution in [1.82, 2.24) is 5.32 Å². The van der Waals surface area contributed by atoms with Gasteiger partial charge in [-0.05, 0) is 55.8 Å². The summed E-state index contributed by atoms with van der Waals surface area (Å²) in [6.45, 7) is 12.7. The van der Waals surface area contributed by atoms with Gasteiger partial charge in [-0.3, -0.25) is 0 Å². The summed E-state index contributed by atoms with van der Waals surface area (Å²) >= 11 is 0. The highest BCUT2D eigenvalue weighted by Crippen LogP contribution is 2.28. The van der Waals surface area contributed by atoms with E-state index >= 15 is 0 Å². The minimum Gasteiger partial charge on any atom is -0.371 e. The van der Waals surface area contributed by atoms with Crippen LogP contribution in [0.15, 0.2) is 24.3 Å². The van der Waals surface area contributed by atoms with Crippen molar-refractivity contribution in [3.63, 3.8) is 0 Å². The first-order chi connectivity index (χ1) is 9.61. The lowest BCUT2D eigenvalue weighted by Crippen LogP contribution is -2.22. The van der Waals surface area contributed by atoms with Gasteiger partial charge in [0.25, 0.3) is 0 Å². The van der Waals surface area contributed by atoms with Crippen LogP contribution in [0.1, 0.15) is 52.1 Å². The molecule has 1 N–H and O–H groups in total. The SMILES string of the molecule is CCCNC(C)c1ccc(N2CCC(C(C)C)C2)cc1. The quantitative estimate of drug-likeness (QED) is 0.835. The Labute approximate surface area is 124 Å². The lowest BCUT2D eigenvalue weighted by Gasteiger charge is -2.21. The summed E-state index contributed by atoms with van der Waals surface area (Å²) in [4.78, 5) is 2.54. The maximum Gasteiger partial charge on any atom is 0.0366 e. The molecular formula is C18H30N2. The van der Waals surface area contributed by atoms with E-state index in [1.165, 1.54) is 37.2 Å². The average molecular weight is 274 g/mol. The summed E-state index contributed by atoms with van der Waals surface area (Å²) in [5.41, 5.74) is 2.78. The van der Waals surface area contributed by atoms with Crippen molar-refractivity contribution in [2.75, 3.05) is 24.5 Å². The standard InChI is InChI=1S/C18H30N2/c1-5-11-19-15(4)16-6-8-18(9-7-16)20-12-10-17(13-20)14(2)3/h6-9,14-15,17,19H,5,10-13H2,1-4H3. The van der Waals surface area contributed by atoms with Crippen molar-refractivity contribution in [3.05, 3.63) is 29.8 Å². The Morgan fingerprint density at radius 1 is 1.20 bits per heavy atom. The van der Waals surface area contributed by atoms with Gasteiger partial charge in [-0.25, -0.2) is 0 Å². The van der Waals surface area contributed by atoms with E-state index in [0.29, 0.717) is 6.04 Å². The molecule has 2 heteroatoms. The third-order valence-corrected chi connectivity index (χ3v) is 4.63. The molecule has 1 heterocycles. The van der Waals surface area contributed by atoms with Gasteiger partial charge in [0.1, 0.15) is 0 Å². The molecule has 112 valence electrons. The number of hydrogen-bond donors (Lipinski definition) is 1. The van der Waals surface area contributed by atoms with E-state index in [1.54, 1.807) is 0 Å². The molecule has 2 unspecified atom stereocenters. The minimum absolute atomic E-state index is 0.450. The monoisotopic (exact) mass is 274 g/mol. The van der Waals surface area contributed by atoms with Gasteiger partial charge in [-0.2, -0.15) is 0 Å². The molecule has 1 saturated heterocycles. The predicted molar refractivity (Wildman–Crippen MR) is 88.3 cm³/mol. The molecule has 0 amide bonds. The number of anilines is 1. The molecule has 0 aliphatic carbocycles. The molecule has 2 rings (SSSR count). The van der Waals surface area contributed by atoms with Gasteiger partial charge in [0, 0.05) is 24.8 Å². The molecular weight excluding hydrogens is 244 g/mol. The Morgan fingerprint density at radius 2 is 1.90 bits per heavy atom. The first kappa shape index (κ1) is 15.4. The van der Waals surface area contributed by atoms with Crippen LogP contribution in [-0.2, 0) is 0 Å². The largest absolute Gasteiger partial charge is 0.371 e. The molecule has 1 aromatic carbocycles. The Balaban J connectivity index is 1.95. The number of hydrogen-bond acceptors (Lipinski definition) is 2. The van der Waals surface area contributed by atoms with Gasteiger partial charge >= 0.3 is 0 Å². The van der Waals surface area contributed by atoms with Crippen molar-refractivity contribution in [1.29, 1.82) is 0 Å². The Morgan fingerprint density at radius 3 is 2.45 bits per heavy atom. The van der Waals surface area contributed by atoms with Crippen LogP contribution in [0.4, 0.5) is 5.69 Å². The van der Waals surface area contributed by atoms with Crippen molar-refractivity contribution < 1.29 is 0 Å². The van der Waals surface area contributed by atoms with E-state index < -0.39 is 0 Å². The van der Waals surface area contributed by atoms with Crippen LogP contribution in [0.2, 0.25) is 0 Å². The molecule has 1 fully saturated rings. The first-order valence-corrected chi connectivity index (χ1v) is 8.20. The van der Waals surface area contributed by atoms with E-state index in [4.69, 9.17) is 0 Å². The highest BCUT2D eigenvalue weighted by atomic mass is 15.1. The zero-order valence-corrected chi connectivity index (χ0v) is 13.5. The van der Waals surface area contributed by atoms with E-state index in [1.807, 2.05) is 0 Å². The fraction of sp³-hybridized carbons (Fsp3) is 0.667. The van der Waals surface area contributed by atoms with Gasteiger partial charge in [0.15, 0.2) is 0 Å². The maximum atomic E-state index is 3.55. The second-order valence-electron chi connectivity index (χ2n) is 6.51. The summed E-state index contributed by atoms with van der Waals surface area (Å²) in [5, 5.41) is 3.55. The first-order valence-electron chi connectivity index (χ1n) is 8.20. The molecule has 0 bridgehead atoms. The second-order valence-corrected chi connectivity index (χ2v) is 6.51. The predicted octanol–water partition coefficient (Wildman–Crippen LogP) is 4.23. The molecule has 2 nitrogen and oxygen atoms in total. The van der Waals surface area contributed by atoms with Gasteiger partial charge in [0.05, 0.1) is 0 Å². The van der Waals surface area contributed by atoms with Crippen molar-refractivity contribution >= 4 is 5.69 Å². The molecule has 0 radical (unpaired) electrons. The van der Waals surface area contributed by atoms with Crippen molar-refractivity contribution in [3.8, 4) is 0 Å². The minimum atomic E-state index is 0.450. The summed E-state index contributed by atoms with van der Waals surface area (Å²) in [5.74, 6) is 1.66. The molecule has 2 atom stereocenters. The lowest BCUT2D eigenvalue weighted by atomic mass is 9.95. The Kier molecular flexibility index (Phi) is 5.47. The van der Waals surface area contributed by atoms with E-state index in [2.05, 4.69) is 62.2 Å². The van der Waals surface area contributed by atoms with E-state index in [9.17, 15) is 0 Å². The van der Waals surface area contributed by atoms with Crippen molar-refractivity contribution in [2.45, 2.75) is 46.6 Å².